The van der Waals surface area contributed by atoms with E-state index in [9.17, 15) is 103 Å². The Morgan fingerprint density at radius 1 is 0.598 bits per heavy atom. The number of aromatic hydroxyl groups is 1. The van der Waals surface area contributed by atoms with Gasteiger partial charge in [0.15, 0.2) is 12.2 Å². The van der Waals surface area contributed by atoms with Crippen LogP contribution in [0.4, 0.5) is 0 Å². The average Bonchev–Trinajstić information content (AvgIpc) is 1.71. The van der Waals surface area contributed by atoms with E-state index in [0.29, 0.717) is 34.6 Å². The number of hydrogen-bond donors (Lipinski definition) is 22. The lowest BCUT2D eigenvalue weighted by molar-refractivity contribution is -0.144. The number of fused-ring (bicyclic) bond motifs is 2. The SMILES string of the molecule is CCCC1OC1C(=O)N[C@@H](CO)C(=O)NC1C(=O)NC(Cc2c[nH]c3ccccc23)C(=O)N[C@@H](CC(=O)O)C(=O)NC(CC(=O)O)C(=O)N[C@H](Cc2ccc(O)cc2)C(=O)N[C@@H](CC(=O)O)C(=O)NCC(=O)N[C@H]([C@H](O)C(N)=O)C(=O)NC(CCC(=O)O)C(=O)N/C(=C\c2c[nH]c3ccccc23)C(=O)NC1C. The number of nitrogens with one attached hydrogen (secondary N) is 14. The number of aliphatic hydroxyl groups is 2. The highest BCUT2D eigenvalue weighted by atomic mass is 16.6. The van der Waals surface area contributed by atoms with Crippen LogP contribution in [0.1, 0.15) is 75.5 Å². The first-order chi connectivity index (χ1) is 50.7. The van der Waals surface area contributed by atoms with Gasteiger partial charge in [0.2, 0.25) is 65.0 Å². The molecule has 0 bridgehead atoms. The van der Waals surface area contributed by atoms with Crippen molar-refractivity contribution in [2.24, 2.45) is 5.73 Å². The van der Waals surface area contributed by atoms with Crippen LogP contribution in [0.15, 0.2) is 90.9 Å². The van der Waals surface area contributed by atoms with Crippen molar-refractivity contribution in [2.75, 3.05) is 13.2 Å². The first-order valence-corrected chi connectivity index (χ1v) is 33.1. The number of aromatic nitrogens is 2. The van der Waals surface area contributed by atoms with E-state index in [1.165, 1.54) is 24.5 Å². The normalized spacial score (nSPS) is 23.8. The van der Waals surface area contributed by atoms with E-state index in [0.717, 1.165) is 25.1 Å². The number of phenolic OH excluding ortho intramolecular Hbond substituents is 1. The number of phenols is 1. The summed E-state index contributed by atoms with van der Waals surface area (Å²) in [6, 6.07) is -3.97. The van der Waals surface area contributed by atoms with Gasteiger partial charge in [-0.2, -0.15) is 0 Å². The number of primary amides is 1. The number of epoxide rings is 1. The van der Waals surface area contributed by atoms with Gasteiger partial charge in [-0.05, 0) is 61.2 Å². The van der Waals surface area contributed by atoms with Gasteiger partial charge in [0.1, 0.15) is 65.8 Å². The molecule has 7 unspecified atom stereocenters. The topological polar surface area (TPSA) is 646 Å². The standard InChI is InChI=1S/C67H79N15O25/c1-3-8-46-55(107-46)67(106)80-45(28-83)64(103)82-52-29(2)72-59(98)40(20-31-25-69-36-11-6-4-9-34(31)36)75-58(97)38(17-18-48(86)87)73-66(105)53(54(94)56(68)95)81-47(85)27-71-57(96)42(22-49(88)89)76-60(99)39(19-30-13-15-33(84)16-14-30)74-62(101)43(23-50(90)91)78-63(102)44(24-51(92)93)77-61(100)41(79-65(52)104)21-32-26-70-37-12-7-5-10-35(32)37/h4-7,9-16,20,25-26,29,38-39,41-46,52-55,69-70,83-84,94H,3,8,17-19,21-24,27-28H2,1-2H3,(H2,68,95)(H,71,96)(H,72,98)(H,73,105)(H,74,101)(H,75,97)(H,76,99)(H,77,100)(H,78,102)(H,79,104)(H,80,106)(H,81,85)(H,82,103)(H,86,87)(H,88,89)(H,90,91)(H,92,93)/b40-20-/t29?,38?,39-,41?,42+,43?,44+,45+,46?,52?,53-,54+,55?/m1/s1. The van der Waals surface area contributed by atoms with Crippen molar-refractivity contribution in [3.63, 3.8) is 0 Å². The van der Waals surface area contributed by atoms with Gasteiger partial charge < -0.3 is 120 Å². The number of aromatic amines is 2. The lowest BCUT2D eigenvalue weighted by Gasteiger charge is -2.30. The molecule has 2 aliphatic rings. The number of carboxylic acids is 4. The monoisotopic (exact) mass is 1490 g/mol. The summed E-state index contributed by atoms with van der Waals surface area (Å²) in [7, 11) is 0. The number of rotatable bonds is 23. The van der Waals surface area contributed by atoms with E-state index in [-0.39, 0.29) is 22.4 Å². The highest BCUT2D eigenvalue weighted by Crippen LogP contribution is 2.27. The number of para-hydroxylation sites is 2. The molecule has 4 heterocycles. The molecule has 0 saturated carbocycles. The molecule has 2 fully saturated rings. The molecule has 40 heteroatoms. The highest BCUT2D eigenvalue weighted by Gasteiger charge is 2.46. The minimum Gasteiger partial charge on any atom is -0.508 e. The fourth-order valence-electron chi connectivity index (χ4n) is 11.2. The predicted octanol–water partition coefficient (Wildman–Crippen LogP) is -6.01. The van der Waals surface area contributed by atoms with E-state index in [4.69, 9.17) is 10.5 Å². The van der Waals surface area contributed by atoms with Crippen molar-refractivity contribution < 1.29 is 122 Å². The first kappa shape index (κ1) is 81.4. The Morgan fingerprint density at radius 3 is 1.69 bits per heavy atom. The van der Waals surface area contributed by atoms with Crippen molar-refractivity contribution in [2.45, 2.75) is 150 Å². The van der Waals surface area contributed by atoms with Crippen LogP contribution in [-0.2, 0) is 99.1 Å². The van der Waals surface area contributed by atoms with Crippen molar-refractivity contribution >= 4 is 129 Å². The molecule has 13 atom stereocenters. The second kappa shape index (κ2) is 37.5. The van der Waals surface area contributed by atoms with E-state index in [1.807, 2.05) is 22.9 Å². The fraction of sp³-hybridized carbons (Fsp3) is 0.388. The summed E-state index contributed by atoms with van der Waals surface area (Å²) in [5, 5.41) is 98.6. The van der Waals surface area contributed by atoms with E-state index >= 15 is 14.4 Å². The van der Waals surface area contributed by atoms with Crippen molar-refractivity contribution in [1.29, 1.82) is 0 Å². The maximum Gasteiger partial charge on any atom is 0.305 e. The number of carboxylic acid groups (broad SMARTS) is 4. The van der Waals surface area contributed by atoms with E-state index < -0.39 is 243 Å². The summed E-state index contributed by atoms with van der Waals surface area (Å²) < 4.78 is 5.42. The number of hydrogen-bond acceptors (Lipinski definition) is 21. The van der Waals surface area contributed by atoms with Crippen LogP contribution in [0.2, 0.25) is 0 Å². The number of carbonyl (C=O) groups excluding carboxylic acids is 13. The molecular formula is C67H79N15O25. The molecular weight excluding hydrogens is 1410 g/mol. The van der Waals surface area contributed by atoms with E-state index in [1.54, 1.807) is 48.5 Å². The molecule has 7 rings (SSSR count). The molecule has 23 N–H and O–H groups in total. The number of nitrogens with two attached hydrogens (primary N) is 1. The van der Waals surface area contributed by atoms with Crippen LogP contribution in [-0.4, -0.2) is 238 Å². The zero-order valence-corrected chi connectivity index (χ0v) is 57.0. The number of carbonyl (C=O) groups is 17. The van der Waals surface area contributed by atoms with Gasteiger partial charge in [-0.3, -0.25) is 81.5 Å². The zero-order chi connectivity index (χ0) is 78.5. The summed E-state index contributed by atoms with van der Waals surface area (Å²) in [6.45, 7) is 0.453. The lowest BCUT2D eigenvalue weighted by Crippen LogP contribution is -2.64. The second-order valence-electron chi connectivity index (χ2n) is 24.9. The Bertz CT molecular complexity index is 4270. The number of H-pyrrole nitrogens is 2. The Morgan fingerprint density at radius 2 is 1.12 bits per heavy atom. The molecule has 2 saturated heterocycles. The zero-order valence-electron chi connectivity index (χ0n) is 57.0. The number of aliphatic hydroxyl groups excluding tert-OH is 2. The smallest absolute Gasteiger partial charge is 0.305 e. The molecule has 5 aromatic rings. The number of aliphatic carboxylic acids is 4. The molecule has 2 aliphatic heterocycles. The molecule has 13 amide bonds. The third kappa shape index (κ3) is 23.3. The Hall–Kier alpha value is -12.9. The molecule has 572 valence electrons. The fourth-order valence-corrected chi connectivity index (χ4v) is 11.2. The Balaban J connectivity index is 1.37. The largest absolute Gasteiger partial charge is 0.508 e. The average molecular weight is 1490 g/mol. The first-order valence-electron chi connectivity index (χ1n) is 33.1. The number of amides is 13. The number of benzene rings is 3. The molecule has 40 nitrogen and oxygen atoms in total. The molecule has 0 spiro atoms. The molecule has 3 aromatic carbocycles. The number of ether oxygens (including phenoxy) is 1. The third-order valence-corrected chi connectivity index (χ3v) is 16.8. The van der Waals surface area contributed by atoms with Gasteiger partial charge in [-0.1, -0.05) is 61.9 Å². The van der Waals surface area contributed by atoms with Crippen molar-refractivity contribution in [3.8, 4) is 5.75 Å². The summed E-state index contributed by atoms with van der Waals surface area (Å²) in [6.07, 6.45) is -6.62. The van der Waals surface area contributed by atoms with Crippen LogP contribution < -0.4 is 69.5 Å². The van der Waals surface area contributed by atoms with Crippen LogP contribution >= 0.6 is 0 Å². The maximum atomic E-state index is 15.3. The van der Waals surface area contributed by atoms with E-state index in [2.05, 4.69) is 57.8 Å². The molecule has 0 aliphatic carbocycles. The van der Waals surface area contributed by atoms with Gasteiger partial charge in [0.05, 0.1) is 44.6 Å². The lowest BCUT2D eigenvalue weighted by atomic mass is 10.0. The van der Waals surface area contributed by atoms with Gasteiger partial charge in [-0.15, -0.1) is 0 Å². The van der Waals surface area contributed by atoms with Crippen molar-refractivity contribution in [1.82, 2.24) is 73.8 Å². The quantitative estimate of drug-likeness (QED) is 0.0214. The van der Waals surface area contributed by atoms with Crippen LogP contribution in [0.3, 0.4) is 0 Å². The molecule has 0 radical (unpaired) electrons. The minimum absolute atomic E-state index is 0.105. The van der Waals surface area contributed by atoms with Gasteiger partial charge >= 0.3 is 23.9 Å². The summed E-state index contributed by atoms with van der Waals surface area (Å²) in [5.41, 5.74) is 5.94. The molecule has 107 heavy (non-hydrogen) atoms. The Labute approximate surface area is 604 Å². The molecule has 2 aromatic heterocycles. The van der Waals surface area contributed by atoms with Gasteiger partial charge in [-0.25, -0.2) is 0 Å². The van der Waals surface area contributed by atoms with Crippen LogP contribution in [0.25, 0.3) is 27.9 Å². The third-order valence-electron chi connectivity index (χ3n) is 16.8. The van der Waals surface area contributed by atoms with Crippen LogP contribution in [0, 0.1) is 0 Å². The second-order valence-corrected chi connectivity index (χ2v) is 24.9. The van der Waals surface area contributed by atoms with Crippen LogP contribution in [0.5, 0.6) is 5.75 Å². The summed E-state index contributed by atoms with van der Waals surface area (Å²) in [5.74, 6) is -26.1. The van der Waals surface area contributed by atoms with Crippen molar-refractivity contribution in [3.05, 3.63) is 108 Å². The Kier molecular flexibility index (Phi) is 28.6. The summed E-state index contributed by atoms with van der Waals surface area (Å²) in [4.78, 5) is 241. The van der Waals surface area contributed by atoms with Gasteiger partial charge in [0.25, 0.3) is 11.8 Å². The summed E-state index contributed by atoms with van der Waals surface area (Å²) >= 11 is 0. The maximum absolute atomic E-state index is 15.3. The predicted molar refractivity (Wildman–Crippen MR) is 366 cm³/mol. The van der Waals surface area contributed by atoms with Gasteiger partial charge in [0, 0.05) is 59.0 Å². The minimum atomic E-state index is -2.71. The highest BCUT2D eigenvalue weighted by molar-refractivity contribution is 6.07.